The summed E-state index contributed by atoms with van der Waals surface area (Å²) in [5, 5.41) is 4.88. The van der Waals surface area contributed by atoms with Crippen LogP contribution in [0.15, 0.2) is 164 Å². The highest BCUT2D eigenvalue weighted by molar-refractivity contribution is 6.22. The van der Waals surface area contributed by atoms with Crippen LogP contribution in [-0.2, 0) is 0 Å². The van der Waals surface area contributed by atoms with E-state index >= 15 is 0 Å². The molecule has 2 nitrogen and oxygen atoms in total. The minimum Gasteiger partial charge on any atom is -0.316 e. The molecule has 0 fully saturated rings. The number of imidazole rings is 1. The van der Waals surface area contributed by atoms with Crippen LogP contribution in [0.4, 0.5) is 0 Å². The molecule has 0 bridgehead atoms. The standard InChI is InChI=1S/C47H36N2/c1-4-6-17-33(5-2)34-25-27-36(28-26-34)45-38-20-11-12-21-39(38)46(35-18-8-7-9-19-35)41-31-37(29-30-40(41)45)47-48-42-22-13-15-24-44(42)49(47)43-23-14-10-16-32(43)3/h1,5-32,43H,2-3H3/b17-6-,33-5+. The zero-order valence-electron chi connectivity index (χ0n) is 27.7. The summed E-state index contributed by atoms with van der Waals surface area (Å²) in [6.45, 7) is 4.33. The lowest BCUT2D eigenvalue weighted by Gasteiger charge is -2.25. The Bertz CT molecular complexity index is 2510. The number of nitrogens with zero attached hydrogens (tertiary/aromatic N) is 2. The highest BCUT2D eigenvalue weighted by Crippen LogP contribution is 2.45. The van der Waals surface area contributed by atoms with E-state index in [4.69, 9.17) is 11.4 Å². The summed E-state index contributed by atoms with van der Waals surface area (Å²) in [4.78, 5) is 5.28. The molecule has 6 aromatic carbocycles. The Kier molecular flexibility index (Phi) is 7.88. The molecule has 49 heavy (non-hydrogen) atoms. The molecule has 8 rings (SSSR count). The summed E-state index contributed by atoms with van der Waals surface area (Å²) in [6.07, 6.45) is 20.2. The quantitative estimate of drug-likeness (QED) is 0.102. The van der Waals surface area contributed by atoms with E-state index in [0.717, 1.165) is 33.6 Å². The van der Waals surface area contributed by atoms with Gasteiger partial charge in [0, 0.05) is 5.56 Å². The first-order chi connectivity index (χ1) is 24.2. The van der Waals surface area contributed by atoms with Crippen LogP contribution in [0.2, 0.25) is 0 Å². The monoisotopic (exact) mass is 628 g/mol. The van der Waals surface area contributed by atoms with Crippen molar-refractivity contribution in [2.45, 2.75) is 19.9 Å². The van der Waals surface area contributed by atoms with Crippen molar-refractivity contribution in [1.29, 1.82) is 0 Å². The van der Waals surface area contributed by atoms with Gasteiger partial charge in [0.1, 0.15) is 5.82 Å². The van der Waals surface area contributed by atoms with E-state index in [-0.39, 0.29) is 6.04 Å². The van der Waals surface area contributed by atoms with Gasteiger partial charge in [0.05, 0.1) is 17.1 Å². The molecule has 2 unspecified atom stereocenters. The maximum atomic E-state index is 5.51. The summed E-state index contributed by atoms with van der Waals surface area (Å²) in [5.74, 6) is 3.93. The maximum Gasteiger partial charge on any atom is 0.141 e. The fourth-order valence-electron chi connectivity index (χ4n) is 7.45. The van der Waals surface area contributed by atoms with Crippen molar-refractivity contribution in [1.82, 2.24) is 9.55 Å². The Morgan fingerprint density at radius 2 is 1.33 bits per heavy atom. The van der Waals surface area contributed by atoms with Crippen LogP contribution in [0.1, 0.15) is 25.5 Å². The molecule has 234 valence electrons. The van der Waals surface area contributed by atoms with E-state index in [0.29, 0.717) is 5.92 Å². The second-order valence-electron chi connectivity index (χ2n) is 12.7. The number of allylic oxidation sites excluding steroid dienone is 8. The first-order valence-corrected chi connectivity index (χ1v) is 16.9. The van der Waals surface area contributed by atoms with Crippen LogP contribution >= 0.6 is 0 Å². The van der Waals surface area contributed by atoms with Crippen LogP contribution in [0.5, 0.6) is 0 Å². The van der Waals surface area contributed by atoms with Crippen molar-refractivity contribution in [2.24, 2.45) is 5.92 Å². The molecule has 1 aliphatic rings. The average molecular weight is 629 g/mol. The number of aromatic nitrogens is 2. The van der Waals surface area contributed by atoms with Gasteiger partial charge in [-0.2, -0.15) is 0 Å². The van der Waals surface area contributed by atoms with Crippen LogP contribution in [0, 0.1) is 18.3 Å². The minimum absolute atomic E-state index is 0.167. The highest BCUT2D eigenvalue weighted by atomic mass is 15.1. The lowest BCUT2D eigenvalue weighted by Crippen LogP contribution is -2.16. The van der Waals surface area contributed by atoms with Gasteiger partial charge in [-0.25, -0.2) is 4.98 Å². The molecule has 0 radical (unpaired) electrons. The fourth-order valence-corrected chi connectivity index (χ4v) is 7.45. The molecule has 0 aliphatic heterocycles. The average Bonchev–Trinajstić information content (AvgIpc) is 3.54. The van der Waals surface area contributed by atoms with Gasteiger partial charge in [-0.1, -0.05) is 146 Å². The molecule has 0 N–H and O–H groups in total. The number of hydrogen-bond donors (Lipinski definition) is 0. The Morgan fingerprint density at radius 1 is 0.694 bits per heavy atom. The third-order valence-corrected chi connectivity index (χ3v) is 9.79. The molecule has 2 heteroatoms. The lowest BCUT2D eigenvalue weighted by molar-refractivity contribution is 0.500. The summed E-state index contributed by atoms with van der Waals surface area (Å²) in [6, 6.07) is 44.1. The Hall–Kier alpha value is -6.17. The Balaban J connectivity index is 1.41. The number of terminal acetylenes is 1. The summed E-state index contributed by atoms with van der Waals surface area (Å²) < 4.78 is 2.43. The van der Waals surface area contributed by atoms with Gasteiger partial charge in [-0.3, -0.25) is 0 Å². The smallest absolute Gasteiger partial charge is 0.141 e. The first kappa shape index (κ1) is 30.2. The highest BCUT2D eigenvalue weighted by Gasteiger charge is 2.24. The van der Waals surface area contributed by atoms with Gasteiger partial charge in [0.15, 0.2) is 0 Å². The van der Waals surface area contributed by atoms with Crippen LogP contribution < -0.4 is 0 Å². The Labute approximate surface area is 288 Å². The zero-order chi connectivity index (χ0) is 33.3. The Morgan fingerprint density at radius 3 is 2.06 bits per heavy atom. The molecule has 0 spiro atoms. The van der Waals surface area contributed by atoms with Crippen molar-refractivity contribution >= 4 is 38.2 Å². The fraction of sp³-hybridized carbons (Fsp3) is 0.0851. The second kappa shape index (κ2) is 12.8. The molecule has 0 saturated heterocycles. The number of benzene rings is 6. The SMILES string of the molecule is C#C/C=C\C(=C/C)c1ccc(-c2c3ccccc3c(-c3ccccc3)c3cc(-c4nc5ccccc5n4C4C=CC=CC4C)ccc23)cc1. The van der Waals surface area contributed by atoms with Gasteiger partial charge in [0.25, 0.3) is 0 Å². The molecular weight excluding hydrogens is 593 g/mol. The van der Waals surface area contributed by atoms with Crippen molar-refractivity contribution in [3.8, 4) is 46.0 Å². The lowest BCUT2D eigenvalue weighted by atomic mass is 9.85. The zero-order valence-corrected chi connectivity index (χ0v) is 27.7. The summed E-state index contributed by atoms with van der Waals surface area (Å²) in [7, 11) is 0. The third-order valence-electron chi connectivity index (χ3n) is 9.79. The topological polar surface area (TPSA) is 17.8 Å². The molecule has 2 atom stereocenters. The van der Waals surface area contributed by atoms with E-state index in [1.807, 2.05) is 13.0 Å². The van der Waals surface area contributed by atoms with Crippen molar-refractivity contribution in [3.63, 3.8) is 0 Å². The predicted octanol–water partition coefficient (Wildman–Crippen LogP) is 12.2. The molecule has 1 aliphatic carbocycles. The second-order valence-corrected chi connectivity index (χ2v) is 12.7. The molecule has 1 heterocycles. The molecule has 7 aromatic rings. The van der Waals surface area contributed by atoms with Crippen molar-refractivity contribution < 1.29 is 0 Å². The molecular formula is C47H36N2. The predicted molar refractivity (Wildman–Crippen MR) is 209 cm³/mol. The van der Waals surface area contributed by atoms with Gasteiger partial charge >= 0.3 is 0 Å². The van der Waals surface area contributed by atoms with Crippen molar-refractivity contribution in [3.05, 3.63) is 169 Å². The largest absolute Gasteiger partial charge is 0.316 e. The van der Waals surface area contributed by atoms with Crippen LogP contribution in [0.3, 0.4) is 0 Å². The van der Waals surface area contributed by atoms with Gasteiger partial charge in [-0.05, 0) is 98.1 Å². The summed E-state index contributed by atoms with van der Waals surface area (Å²) in [5.41, 5.74) is 10.3. The minimum atomic E-state index is 0.167. The molecule has 0 saturated carbocycles. The van der Waals surface area contributed by atoms with E-state index in [1.54, 1.807) is 6.08 Å². The van der Waals surface area contributed by atoms with Gasteiger partial charge < -0.3 is 4.57 Å². The van der Waals surface area contributed by atoms with E-state index in [9.17, 15) is 0 Å². The van der Waals surface area contributed by atoms with Crippen LogP contribution in [0.25, 0.3) is 71.8 Å². The first-order valence-electron chi connectivity index (χ1n) is 16.9. The van der Waals surface area contributed by atoms with Gasteiger partial charge in [0.2, 0.25) is 0 Å². The molecule has 1 aromatic heterocycles. The number of rotatable bonds is 6. The van der Waals surface area contributed by atoms with E-state index in [2.05, 4.69) is 169 Å². The van der Waals surface area contributed by atoms with Crippen molar-refractivity contribution in [2.75, 3.05) is 0 Å². The number of fused-ring (bicyclic) bond motifs is 3. The maximum absolute atomic E-state index is 5.51. The number of hydrogen-bond acceptors (Lipinski definition) is 1. The van der Waals surface area contributed by atoms with Crippen LogP contribution in [-0.4, -0.2) is 9.55 Å². The molecule has 0 amide bonds. The summed E-state index contributed by atoms with van der Waals surface area (Å²) >= 11 is 0. The normalized spacial score (nSPS) is 16.2. The van der Waals surface area contributed by atoms with E-state index < -0.39 is 0 Å². The van der Waals surface area contributed by atoms with E-state index in [1.165, 1.54) is 43.8 Å². The van der Waals surface area contributed by atoms with Gasteiger partial charge in [-0.15, -0.1) is 6.42 Å². The third kappa shape index (κ3) is 5.31. The number of para-hydroxylation sites is 2.